The number of allylic oxidation sites excluding steroid dienone is 2. The molecule has 0 radical (unpaired) electrons. The van der Waals surface area contributed by atoms with Gasteiger partial charge in [0.25, 0.3) is 0 Å². The summed E-state index contributed by atoms with van der Waals surface area (Å²) in [6.45, 7) is 9.05. The molecule has 0 amide bonds. The van der Waals surface area contributed by atoms with E-state index in [-0.39, 0.29) is 0 Å². The summed E-state index contributed by atoms with van der Waals surface area (Å²) in [5, 5.41) is 0. The third kappa shape index (κ3) is 4.06. The molecule has 120 valence electrons. The number of unbranched alkanes of at least 4 members (excludes halogenated alkanes) is 1. The van der Waals surface area contributed by atoms with Gasteiger partial charge in [0.1, 0.15) is 5.78 Å². The quantitative estimate of drug-likeness (QED) is 0.553. The van der Waals surface area contributed by atoms with Crippen LogP contribution in [0.2, 0.25) is 0 Å². The predicted molar refractivity (Wildman–Crippen MR) is 89.4 cm³/mol. The second-order valence-electron chi connectivity index (χ2n) is 6.39. The lowest BCUT2D eigenvalue weighted by atomic mass is 9.67. The molecule has 1 aliphatic carbocycles. The molecule has 0 heterocycles. The van der Waals surface area contributed by atoms with Gasteiger partial charge >= 0.3 is 0 Å². The van der Waals surface area contributed by atoms with E-state index in [1.165, 1.54) is 24.0 Å². The second kappa shape index (κ2) is 8.53. The molecular formula is C19H32O2. The Morgan fingerprint density at radius 2 is 1.90 bits per heavy atom. The van der Waals surface area contributed by atoms with Crippen LogP contribution in [0.25, 0.3) is 0 Å². The van der Waals surface area contributed by atoms with Gasteiger partial charge < -0.3 is 4.74 Å². The van der Waals surface area contributed by atoms with E-state index < -0.39 is 5.41 Å². The Bertz CT molecular complexity index is 386. The summed E-state index contributed by atoms with van der Waals surface area (Å²) in [6, 6.07) is 0. The molecule has 0 N–H and O–H groups in total. The first-order valence-electron chi connectivity index (χ1n) is 8.39. The third-order valence-corrected chi connectivity index (χ3v) is 5.05. The summed E-state index contributed by atoms with van der Waals surface area (Å²) < 4.78 is 5.44. The lowest BCUT2D eigenvalue weighted by Crippen LogP contribution is -2.40. The number of rotatable bonds is 9. The van der Waals surface area contributed by atoms with Gasteiger partial charge in [-0.25, -0.2) is 0 Å². The Kier molecular flexibility index (Phi) is 7.37. The van der Waals surface area contributed by atoms with Crippen molar-refractivity contribution in [1.29, 1.82) is 0 Å². The number of ketones is 1. The first kappa shape index (κ1) is 18.2. The monoisotopic (exact) mass is 292 g/mol. The Morgan fingerprint density at radius 1 is 1.29 bits per heavy atom. The number of ether oxygens (including phenoxy) is 1. The van der Waals surface area contributed by atoms with Crippen LogP contribution in [0.4, 0.5) is 0 Å². The molecule has 21 heavy (non-hydrogen) atoms. The van der Waals surface area contributed by atoms with Gasteiger partial charge in [-0.15, -0.1) is 0 Å². The number of methoxy groups -OCH3 is 1. The van der Waals surface area contributed by atoms with E-state index in [1.54, 1.807) is 7.11 Å². The number of hydrogen-bond donors (Lipinski definition) is 0. The SMILES string of the molecule is CCCCC(CC)CC(=O)C1(COC)C(C)=CCC=C1C. The zero-order valence-electron chi connectivity index (χ0n) is 14.5. The van der Waals surface area contributed by atoms with Crippen molar-refractivity contribution >= 4 is 5.78 Å². The summed E-state index contributed by atoms with van der Waals surface area (Å²) in [6.07, 6.45) is 10.6. The topological polar surface area (TPSA) is 26.3 Å². The Balaban J connectivity index is 2.94. The van der Waals surface area contributed by atoms with Crippen molar-refractivity contribution in [2.75, 3.05) is 13.7 Å². The molecule has 2 heteroatoms. The highest BCUT2D eigenvalue weighted by atomic mass is 16.5. The standard InChI is InChI=1S/C19H32O2/c1-6-8-12-17(7-2)13-18(20)19(14-21-5)15(3)10-9-11-16(19)4/h10-11,17H,6-9,12-14H2,1-5H3. The van der Waals surface area contributed by atoms with Crippen LogP contribution in [-0.4, -0.2) is 19.5 Å². The molecule has 2 nitrogen and oxygen atoms in total. The molecule has 0 aromatic heterocycles. The highest BCUT2D eigenvalue weighted by Gasteiger charge is 2.42. The third-order valence-electron chi connectivity index (χ3n) is 5.05. The van der Waals surface area contributed by atoms with Gasteiger partial charge in [-0.3, -0.25) is 4.79 Å². The van der Waals surface area contributed by atoms with E-state index in [0.29, 0.717) is 24.7 Å². The van der Waals surface area contributed by atoms with E-state index >= 15 is 0 Å². The summed E-state index contributed by atoms with van der Waals surface area (Å²) in [4.78, 5) is 13.1. The number of carbonyl (C=O) groups excluding carboxylic acids is 1. The number of carbonyl (C=O) groups is 1. The first-order valence-corrected chi connectivity index (χ1v) is 8.39. The summed E-state index contributed by atoms with van der Waals surface area (Å²) in [5.74, 6) is 0.850. The largest absolute Gasteiger partial charge is 0.383 e. The number of hydrogen-bond acceptors (Lipinski definition) is 2. The Hall–Kier alpha value is -0.890. The van der Waals surface area contributed by atoms with Crippen LogP contribution in [0.15, 0.2) is 23.3 Å². The maximum absolute atomic E-state index is 13.1. The van der Waals surface area contributed by atoms with Crippen LogP contribution in [0.5, 0.6) is 0 Å². The molecule has 0 aliphatic heterocycles. The molecule has 1 aliphatic rings. The lowest BCUT2D eigenvalue weighted by molar-refractivity contribution is -0.128. The fraction of sp³-hybridized carbons (Fsp3) is 0.737. The van der Waals surface area contributed by atoms with E-state index in [9.17, 15) is 4.79 Å². The lowest BCUT2D eigenvalue weighted by Gasteiger charge is -2.37. The van der Waals surface area contributed by atoms with Crippen molar-refractivity contribution in [1.82, 2.24) is 0 Å². The molecule has 1 rings (SSSR count). The van der Waals surface area contributed by atoms with Crippen molar-refractivity contribution in [2.24, 2.45) is 11.3 Å². The highest BCUT2D eigenvalue weighted by Crippen LogP contribution is 2.42. The Morgan fingerprint density at radius 3 is 2.38 bits per heavy atom. The van der Waals surface area contributed by atoms with Crippen LogP contribution in [0.1, 0.15) is 66.2 Å². The van der Waals surface area contributed by atoms with Crippen LogP contribution < -0.4 is 0 Å². The van der Waals surface area contributed by atoms with Gasteiger partial charge in [-0.05, 0) is 26.2 Å². The first-order chi connectivity index (χ1) is 10.0. The van der Waals surface area contributed by atoms with Crippen molar-refractivity contribution < 1.29 is 9.53 Å². The number of Topliss-reactive ketones (excluding diaryl/α,β-unsaturated/α-hetero) is 1. The van der Waals surface area contributed by atoms with Crippen LogP contribution in [0, 0.1) is 11.3 Å². The minimum atomic E-state index is -0.507. The highest BCUT2D eigenvalue weighted by molar-refractivity contribution is 5.91. The summed E-state index contributed by atoms with van der Waals surface area (Å²) >= 11 is 0. The predicted octanol–water partition coefficient (Wildman–Crippen LogP) is 5.09. The second-order valence-corrected chi connectivity index (χ2v) is 6.39. The molecular weight excluding hydrogens is 260 g/mol. The van der Waals surface area contributed by atoms with Gasteiger partial charge in [0, 0.05) is 13.5 Å². The van der Waals surface area contributed by atoms with Crippen molar-refractivity contribution in [3.8, 4) is 0 Å². The van der Waals surface area contributed by atoms with Gasteiger partial charge in [-0.1, -0.05) is 62.8 Å². The molecule has 1 atom stereocenters. The average molecular weight is 292 g/mol. The fourth-order valence-electron chi connectivity index (χ4n) is 3.42. The van der Waals surface area contributed by atoms with E-state index in [1.807, 2.05) is 0 Å². The Labute approximate surface area is 130 Å². The van der Waals surface area contributed by atoms with Gasteiger partial charge in [0.15, 0.2) is 0 Å². The van der Waals surface area contributed by atoms with E-state index in [0.717, 1.165) is 19.3 Å². The fourth-order valence-corrected chi connectivity index (χ4v) is 3.42. The zero-order chi connectivity index (χ0) is 15.9. The maximum atomic E-state index is 13.1. The minimum Gasteiger partial charge on any atom is -0.383 e. The minimum absolute atomic E-state index is 0.342. The summed E-state index contributed by atoms with van der Waals surface area (Å²) in [7, 11) is 1.69. The van der Waals surface area contributed by atoms with Gasteiger partial charge in [-0.2, -0.15) is 0 Å². The van der Waals surface area contributed by atoms with Crippen molar-refractivity contribution in [3.63, 3.8) is 0 Å². The molecule has 0 aromatic carbocycles. The van der Waals surface area contributed by atoms with Crippen molar-refractivity contribution in [2.45, 2.75) is 66.2 Å². The van der Waals surface area contributed by atoms with Gasteiger partial charge in [0.05, 0.1) is 12.0 Å². The molecule has 0 spiro atoms. The molecule has 1 unspecified atom stereocenters. The summed E-state index contributed by atoms with van der Waals surface area (Å²) in [5.41, 5.74) is 1.83. The smallest absolute Gasteiger partial charge is 0.149 e. The van der Waals surface area contributed by atoms with Gasteiger partial charge in [0.2, 0.25) is 0 Å². The van der Waals surface area contributed by atoms with Crippen LogP contribution in [-0.2, 0) is 9.53 Å². The van der Waals surface area contributed by atoms with E-state index in [4.69, 9.17) is 4.74 Å². The van der Waals surface area contributed by atoms with E-state index in [2.05, 4.69) is 39.8 Å². The zero-order valence-corrected chi connectivity index (χ0v) is 14.5. The van der Waals surface area contributed by atoms with Crippen LogP contribution >= 0.6 is 0 Å². The normalized spacial score (nSPS) is 18.9. The molecule has 0 bridgehead atoms. The molecule has 0 fully saturated rings. The van der Waals surface area contributed by atoms with Crippen LogP contribution in [0.3, 0.4) is 0 Å². The molecule has 0 saturated heterocycles. The van der Waals surface area contributed by atoms with Crippen molar-refractivity contribution in [3.05, 3.63) is 23.3 Å². The molecule has 0 aromatic rings. The maximum Gasteiger partial charge on any atom is 0.149 e. The molecule has 0 saturated carbocycles. The average Bonchev–Trinajstić information content (AvgIpc) is 2.47.